The minimum atomic E-state index is -0.871. The maximum atomic E-state index is 13.2. The molecule has 1 amide bonds. The summed E-state index contributed by atoms with van der Waals surface area (Å²) < 4.78 is 16.4. The van der Waals surface area contributed by atoms with E-state index in [2.05, 4.69) is 0 Å². The third-order valence-corrected chi connectivity index (χ3v) is 5.66. The second-order valence-electron chi connectivity index (χ2n) is 7.40. The molecule has 0 saturated carbocycles. The zero-order valence-corrected chi connectivity index (χ0v) is 19.4. The van der Waals surface area contributed by atoms with Gasteiger partial charge in [-0.2, -0.15) is 0 Å². The molecular weight excluding hydrogens is 434 g/mol. The zero-order valence-electron chi connectivity index (χ0n) is 18.7. The van der Waals surface area contributed by atoms with E-state index in [1.54, 1.807) is 37.3 Å². The predicted molar refractivity (Wildman–Crippen MR) is 122 cm³/mol. The number of carbonyl (C=O) groups is 2. The average Bonchev–Trinajstić information content (AvgIpc) is 3.02. The van der Waals surface area contributed by atoms with E-state index in [1.165, 1.54) is 26.2 Å². The number of aryl methyl sites for hydroxylation is 1. The molecule has 1 fully saturated rings. The monoisotopic (exact) mass is 459 g/mol. The summed E-state index contributed by atoms with van der Waals surface area (Å²) in [7, 11) is 4.41. The Hall–Kier alpha value is -3.19. The number of hydrogen-bond acceptors (Lipinski definition) is 6. The van der Waals surface area contributed by atoms with Gasteiger partial charge in [0.05, 0.1) is 43.5 Å². The van der Waals surface area contributed by atoms with Crippen molar-refractivity contribution in [2.75, 3.05) is 27.9 Å². The highest BCUT2D eigenvalue weighted by Crippen LogP contribution is 2.46. The Morgan fingerprint density at radius 2 is 1.78 bits per heavy atom. The Labute approximate surface area is 192 Å². The van der Waals surface area contributed by atoms with Gasteiger partial charge in [-0.3, -0.25) is 9.59 Å². The maximum Gasteiger partial charge on any atom is 0.295 e. The van der Waals surface area contributed by atoms with Crippen LogP contribution in [0.2, 0.25) is 5.02 Å². The smallest absolute Gasteiger partial charge is 0.295 e. The Morgan fingerprint density at radius 3 is 2.38 bits per heavy atom. The first-order chi connectivity index (χ1) is 15.3. The summed E-state index contributed by atoms with van der Waals surface area (Å²) in [6, 6.07) is 7.69. The molecule has 0 aliphatic carbocycles. The number of ketones is 1. The van der Waals surface area contributed by atoms with Gasteiger partial charge in [0.2, 0.25) is 0 Å². The van der Waals surface area contributed by atoms with Gasteiger partial charge >= 0.3 is 0 Å². The van der Waals surface area contributed by atoms with Gasteiger partial charge in [0.25, 0.3) is 11.7 Å². The van der Waals surface area contributed by atoms with Crippen molar-refractivity contribution in [2.45, 2.75) is 26.3 Å². The minimum absolute atomic E-state index is 0.0602. The van der Waals surface area contributed by atoms with Crippen molar-refractivity contribution in [3.63, 3.8) is 0 Å². The quantitative estimate of drug-likeness (QED) is 0.372. The molecule has 2 aromatic rings. The number of likely N-dealkylation sites (tertiary alicyclic amines) is 1. The Kier molecular flexibility index (Phi) is 6.99. The number of para-hydroxylation sites is 1. The van der Waals surface area contributed by atoms with Crippen LogP contribution < -0.4 is 14.2 Å². The van der Waals surface area contributed by atoms with Crippen LogP contribution in [0.4, 0.5) is 0 Å². The van der Waals surface area contributed by atoms with Crippen molar-refractivity contribution in [1.29, 1.82) is 0 Å². The van der Waals surface area contributed by atoms with Crippen molar-refractivity contribution in [3.05, 3.63) is 57.6 Å². The molecule has 0 spiro atoms. The number of carbonyl (C=O) groups excluding carboxylic acids is 2. The lowest BCUT2D eigenvalue weighted by Crippen LogP contribution is -2.30. The van der Waals surface area contributed by atoms with Crippen LogP contribution >= 0.6 is 11.6 Å². The lowest BCUT2D eigenvalue weighted by atomic mass is 9.93. The topological polar surface area (TPSA) is 85.3 Å². The number of aliphatic hydroxyl groups excluding tert-OH is 1. The van der Waals surface area contributed by atoms with Crippen molar-refractivity contribution >= 4 is 29.1 Å². The van der Waals surface area contributed by atoms with Crippen LogP contribution in [0.15, 0.2) is 35.9 Å². The van der Waals surface area contributed by atoms with Gasteiger partial charge in [-0.1, -0.05) is 30.7 Å². The van der Waals surface area contributed by atoms with Gasteiger partial charge in [0.1, 0.15) is 11.5 Å². The van der Waals surface area contributed by atoms with Crippen LogP contribution in [0, 0.1) is 6.92 Å². The Bertz CT molecular complexity index is 1090. The fourth-order valence-corrected chi connectivity index (χ4v) is 4.41. The molecule has 1 heterocycles. The third kappa shape index (κ3) is 3.88. The molecule has 1 aliphatic heterocycles. The summed E-state index contributed by atoms with van der Waals surface area (Å²) in [4.78, 5) is 27.6. The maximum absolute atomic E-state index is 13.2. The third-order valence-electron chi connectivity index (χ3n) is 5.38. The fourth-order valence-electron chi connectivity index (χ4n) is 4.06. The standard InChI is InChI=1S/C24H26ClNO6/c1-6-10-26-19(14-8-7-9-17(30-3)23(14)32-5)18(21(28)24(26)29)20(27)15-11-13(2)12-16(25)22(15)31-4/h7-9,11-12,19,27H,6,10H2,1-5H3/b20-18+. The number of nitrogens with zero attached hydrogens (tertiary/aromatic N) is 1. The van der Waals surface area contributed by atoms with E-state index in [9.17, 15) is 14.7 Å². The van der Waals surface area contributed by atoms with E-state index >= 15 is 0 Å². The molecule has 1 saturated heterocycles. The van der Waals surface area contributed by atoms with Gasteiger partial charge in [-0.15, -0.1) is 0 Å². The summed E-state index contributed by atoms with van der Waals surface area (Å²) >= 11 is 6.31. The summed E-state index contributed by atoms with van der Waals surface area (Å²) in [6.45, 7) is 4.03. The van der Waals surface area contributed by atoms with Crippen molar-refractivity contribution < 1.29 is 28.9 Å². The number of hydrogen-bond donors (Lipinski definition) is 1. The summed E-state index contributed by atoms with van der Waals surface area (Å²) in [5, 5.41) is 11.6. The number of amides is 1. The largest absolute Gasteiger partial charge is 0.507 e. The highest BCUT2D eigenvalue weighted by Gasteiger charge is 2.47. The van der Waals surface area contributed by atoms with Gasteiger partial charge < -0.3 is 24.2 Å². The molecule has 0 bridgehead atoms. The second kappa shape index (κ2) is 9.53. The number of ether oxygens (including phenoxy) is 3. The lowest BCUT2D eigenvalue weighted by Gasteiger charge is -2.27. The van der Waals surface area contributed by atoms with E-state index in [0.717, 1.165) is 5.56 Å². The molecule has 170 valence electrons. The minimum Gasteiger partial charge on any atom is -0.507 e. The number of methoxy groups -OCH3 is 3. The molecule has 3 rings (SSSR count). The number of benzene rings is 2. The van der Waals surface area contributed by atoms with Crippen molar-refractivity contribution in [2.24, 2.45) is 0 Å². The summed E-state index contributed by atoms with van der Waals surface area (Å²) in [5.74, 6) is -0.801. The molecule has 1 N–H and O–H groups in total. The number of halogens is 1. The van der Waals surface area contributed by atoms with Crippen LogP contribution in [-0.4, -0.2) is 49.6 Å². The van der Waals surface area contributed by atoms with E-state index in [0.29, 0.717) is 30.0 Å². The molecule has 2 aromatic carbocycles. The average molecular weight is 460 g/mol. The Balaban J connectivity index is 2.36. The van der Waals surface area contributed by atoms with Crippen LogP contribution in [0.25, 0.3) is 5.76 Å². The molecule has 32 heavy (non-hydrogen) atoms. The first-order valence-electron chi connectivity index (χ1n) is 10.1. The first-order valence-corrected chi connectivity index (χ1v) is 10.5. The van der Waals surface area contributed by atoms with Crippen molar-refractivity contribution in [3.8, 4) is 17.2 Å². The second-order valence-corrected chi connectivity index (χ2v) is 7.81. The van der Waals surface area contributed by atoms with E-state index in [1.807, 2.05) is 6.92 Å². The number of Topliss-reactive ketones (excluding diaryl/α,β-unsaturated/α-hetero) is 1. The fraction of sp³-hybridized carbons (Fsp3) is 0.333. The van der Waals surface area contributed by atoms with Gasteiger partial charge in [0, 0.05) is 12.1 Å². The van der Waals surface area contributed by atoms with Gasteiger partial charge in [-0.05, 0) is 37.1 Å². The predicted octanol–water partition coefficient (Wildman–Crippen LogP) is 4.51. The summed E-state index contributed by atoms with van der Waals surface area (Å²) in [5.41, 5.74) is 1.46. The molecule has 1 atom stereocenters. The first kappa shape index (κ1) is 23.5. The van der Waals surface area contributed by atoms with Gasteiger partial charge in [-0.25, -0.2) is 0 Å². The zero-order chi connectivity index (χ0) is 23.6. The van der Waals surface area contributed by atoms with Gasteiger partial charge in [0.15, 0.2) is 11.5 Å². The molecule has 1 unspecified atom stereocenters. The van der Waals surface area contributed by atoms with Crippen molar-refractivity contribution in [1.82, 2.24) is 4.90 Å². The van der Waals surface area contributed by atoms with Crippen LogP contribution in [0.5, 0.6) is 17.2 Å². The molecule has 0 radical (unpaired) electrons. The van der Waals surface area contributed by atoms with E-state index < -0.39 is 17.7 Å². The SMILES string of the molecule is CCCN1C(=O)C(=O)/C(=C(/O)c2cc(C)cc(Cl)c2OC)C1c1cccc(OC)c1OC. The number of aliphatic hydroxyl groups is 1. The van der Waals surface area contributed by atoms with E-state index in [4.69, 9.17) is 25.8 Å². The number of rotatable bonds is 7. The highest BCUT2D eigenvalue weighted by atomic mass is 35.5. The molecule has 0 aromatic heterocycles. The Morgan fingerprint density at radius 1 is 1.09 bits per heavy atom. The normalized spacial score (nSPS) is 17.6. The van der Waals surface area contributed by atoms with E-state index in [-0.39, 0.29) is 27.7 Å². The molecule has 7 nitrogen and oxygen atoms in total. The molecule has 8 heteroatoms. The highest BCUT2D eigenvalue weighted by molar-refractivity contribution is 6.46. The van der Waals surface area contributed by atoms with Crippen LogP contribution in [0.1, 0.15) is 36.1 Å². The van der Waals surface area contributed by atoms with Crippen LogP contribution in [-0.2, 0) is 9.59 Å². The summed E-state index contributed by atoms with van der Waals surface area (Å²) in [6.07, 6.45) is 0.620. The lowest BCUT2D eigenvalue weighted by molar-refractivity contribution is -0.139. The molecule has 1 aliphatic rings. The molecular formula is C24H26ClNO6. The van der Waals surface area contributed by atoms with Crippen LogP contribution in [0.3, 0.4) is 0 Å².